The highest BCUT2D eigenvalue weighted by Crippen LogP contribution is 2.18. The summed E-state index contributed by atoms with van der Waals surface area (Å²) in [5.74, 6) is 1.90. The molecular formula is C15H15BrN4. The summed E-state index contributed by atoms with van der Waals surface area (Å²) in [7, 11) is 2.04. The van der Waals surface area contributed by atoms with Crippen LogP contribution in [-0.4, -0.2) is 22.0 Å². The number of halogens is 1. The highest BCUT2D eigenvalue weighted by molar-refractivity contribution is 9.10. The average molecular weight is 331 g/mol. The predicted molar refractivity (Wildman–Crippen MR) is 84.9 cm³/mol. The third-order valence-electron chi connectivity index (χ3n) is 3.19. The third-order valence-corrected chi connectivity index (χ3v) is 3.66. The van der Waals surface area contributed by atoms with Crippen molar-refractivity contribution in [2.75, 3.05) is 11.9 Å². The number of hydrogen-bond donors (Lipinski definition) is 1. The molecule has 0 spiro atoms. The van der Waals surface area contributed by atoms with Crippen LogP contribution < -0.4 is 4.90 Å². The van der Waals surface area contributed by atoms with E-state index in [9.17, 15) is 0 Å². The van der Waals surface area contributed by atoms with Gasteiger partial charge in [-0.2, -0.15) is 0 Å². The monoisotopic (exact) mass is 330 g/mol. The Morgan fingerprint density at radius 1 is 1.25 bits per heavy atom. The van der Waals surface area contributed by atoms with Crippen LogP contribution in [0.5, 0.6) is 0 Å². The number of nitrogens with one attached hydrogen (secondary N) is 1. The zero-order chi connectivity index (χ0) is 14.1. The summed E-state index contributed by atoms with van der Waals surface area (Å²) in [5, 5.41) is 0. The smallest absolute Gasteiger partial charge is 0.128 e. The highest BCUT2D eigenvalue weighted by Gasteiger charge is 2.05. The van der Waals surface area contributed by atoms with Gasteiger partial charge in [-0.05, 0) is 52.7 Å². The highest BCUT2D eigenvalue weighted by atomic mass is 79.9. The molecule has 0 aliphatic carbocycles. The van der Waals surface area contributed by atoms with Crippen LogP contribution in [0.2, 0.25) is 0 Å². The molecule has 0 atom stereocenters. The van der Waals surface area contributed by atoms with Crippen molar-refractivity contribution in [2.45, 2.75) is 13.5 Å². The van der Waals surface area contributed by atoms with E-state index in [-0.39, 0.29) is 0 Å². The number of benzene rings is 1. The lowest BCUT2D eigenvalue weighted by Crippen LogP contribution is -2.17. The van der Waals surface area contributed by atoms with Crippen molar-refractivity contribution in [3.63, 3.8) is 0 Å². The summed E-state index contributed by atoms with van der Waals surface area (Å²) in [4.78, 5) is 14.2. The van der Waals surface area contributed by atoms with Crippen LogP contribution >= 0.6 is 15.9 Å². The molecule has 0 unspecified atom stereocenters. The number of rotatable bonds is 3. The van der Waals surface area contributed by atoms with Crippen LogP contribution in [0.15, 0.2) is 41.0 Å². The molecule has 3 rings (SSSR count). The SMILES string of the molecule is Cc1nc2ccc(CN(C)c3ccc(Br)cn3)cc2[nH]1. The van der Waals surface area contributed by atoms with E-state index in [2.05, 4.69) is 54.0 Å². The van der Waals surface area contributed by atoms with Gasteiger partial charge in [-0.15, -0.1) is 0 Å². The second-order valence-corrected chi connectivity index (χ2v) is 5.78. The first-order chi connectivity index (χ1) is 9.61. The summed E-state index contributed by atoms with van der Waals surface area (Å²) in [6.07, 6.45) is 1.81. The van der Waals surface area contributed by atoms with Crippen molar-refractivity contribution in [1.82, 2.24) is 15.0 Å². The van der Waals surface area contributed by atoms with E-state index >= 15 is 0 Å². The molecule has 2 heterocycles. The first-order valence-corrected chi connectivity index (χ1v) is 7.19. The summed E-state index contributed by atoms with van der Waals surface area (Å²) < 4.78 is 0.990. The Kier molecular flexibility index (Phi) is 3.44. The topological polar surface area (TPSA) is 44.8 Å². The van der Waals surface area contributed by atoms with Gasteiger partial charge in [0.05, 0.1) is 11.0 Å². The number of fused-ring (bicyclic) bond motifs is 1. The fourth-order valence-electron chi connectivity index (χ4n) is 2.23. The molecule has 2 aromatic heterocycles. The molecule has 0 saturated carbocycles. The Bertz CT molecular complexity index is 733. The molecule has 3 aromatic rings. The van der Waals surface area contributed by atoms with Gasteiger partial charge in [-0.3, -0.25) is 0 Å². The summed E-state index contributed by atoms with van der Waals surface area (Å²) in [6, 6.07) is 10.3. The van der Waals surface area contributed by atoms with Crippen LogP contribution in [0.3, 0.4) is 0 Å². The zero-order valence-corrected chi connectivity index (χ0v) is 13.0. The molecule has 102 valence electrons. The zero-order valence-electron chi connectivity index (χ0n) is 11.4. The van der Waals surface area contributed by atoms with Gasteiger partial charge in [-0.25, -0.2) is 9.97 Å². The van der Waals surface area contributed by atoms with Crippen LogP contribution in [-0.2, 0) is 6.54 Å². The molecule has 0 radical (unpaired) electrons. The maximum atomic E-state index is 4.41. The minimum absolute atomic E-state index is 0.808. The molecule has 0 saturated heterocycles. The Hall–Kier alpha value is -1.88. The van der Waals surface area contributed by atoms with E-state index in [1.165, 1.54) is 5.56 Å². The van der Waals surface area contributed by atoms with Crippen LogP contribution in [0.4, 0.5) is 5.82 Å². The lowest BCUT2D eigenvalue weighted by Gasteiger charge is -2.18. The van der Waals surface area contributed by atoms with Crippen LogP contribution in [0.1, 0.15) is 11.4 Å². The normalized spacial score (nSPS) is 10.9. The molecule has 20 heavy (non-hydrogen) atoms. The number of pyridine rings is 1. The molecule has 0 aliphatic heterocycles. The van der Waals surface area contributed by atoms with E-state index in [4.69, 9.17) is 0 Å². The van der Waals surface area contributed by atoms with Gasteiger partial charge in [-0.1, -0.05) is 6.07 Å². The summed E-state index contributed by atoms with van der Waals surface area (Å²) in [6.45, 7) is 2.78. The van der Waals surface area contributed by atoms with Crippen molar-refractivity contribution in [2.24, 2.45) is 0 Å². The standard InChI is InChI=1S/C15H15BrN4/c1-10-18-13-5-3-11(7-14(13)19-10)9-20(2)15-6-4-12(16)8-17-15/h3-8H,9H2,1-2H3,(H,18,19). The number of hydrogen-bond acceptors (Lipinski definition) is 3. The average Bonchev–Trinajstić information content (AvgIpc) is 2.78. The van der Waals surface area contributed by atoms with Crippen molar-refractivity contribution < 1.29 is 0 Å². The summed E-state index contributed by atoms with van der Waals surface area (Å²) >= 11 is 3.40. The van der Waals surface area contributed by atoms with Crippen molar-refractivity contribution in [1.29, 1.82) is 0 Å². The molecule has 1 aromatic carbocycles. The van der Waals surface area contributed by atoms with Gasteiger partial charge in [0.25, 0.3) is 0 Å². The number of H-pyrrole nitrogens is 1. The second kappa shape index (κ2) is 5.25. The molecule has 0 amide bonds. The molecule has 0 fully saturated rings. The molecule has 4 nitrogen and oxygen atoms in total. The lowest BCUT2D eigenvalue weighted by molar-refractivity contribution is 0.898. The number of imidazole rings is 1. The Balaban J connectivity index is 1.82. The minimum Gasteiger partial charge on any atom is -0.355 e. The number of nitrogens with zero attached hydrogens (tertiary/aromatic N) is 3. The first-order valence-electron chi connectivity index (χ1n) is 6.40. The second-order valence-electron chi connectivity index (χ2n) is 4.86. The predicted octanol–water partition coefficient (Wildman–Crippen LogP) is 3.67. The molecule has 5 heteroatoms. The van der Waals surface area contributed by atoms with Gasteiger partial charge in [0.15, 0.2) is 0 Å². The Morgan fingerprint density at radius 3 is 2.85 bits per heavy atom. The summed E-state index contributed by atoms with van der Waals surface area (Å²) in [5.41, 5.74) is 3.32. The fourth-order valence-corrected chi connectivity index (χ4v) is 2.47. The largest absolute Gasteiger partial charge is 0.355 e. The maximum absolute atomic E-state index is 4.41. The first kappa shape index (κ1) is 13.1. The molecular weight excluding hydrogens is 316 g/mol. The van der Waals surface area contributed by atoms with Gasteiger partial charge in [0.2, 0.25) is 0 Å². The number of aromatic amines is 1. The van der Waals surface area contributed by atoms with Crippen molar-refractivity contribution in [3.8, 4) is 0 Å². The van der Waals surface area contributed by atoms with Gasteiger partial charge in [0, 0.05) is 24.3 Å². The van der Waals surface area contributed by atoms with E-state index in [0.717, 1.165) is 33.7 Å². The van der Waals surface area contributed by atoms with Crippen molar-refractivity contribution in [3.05, 3.63) is 52.4 Å². The fraction of sp³-hybridized carbons (Fsp3) is 0.200. The van der Waals surface area contributed by atoms with Crippen LogP contribution in [0.25, 0.3) is 11.0 Å². The maximum Gasteiger partial charge on any atom is 0.128 e. The Labute approximate surface area is 126 Å². The lowest BCUT2D eigenvalue weighted by atomic mass is 10.2. The van der Waals surface area contributed by atoms with Crippen molar-refractivity contribution >= 4 is 32.8 Å². The van der Waals surface area contributed by atoms with E-state index in [1.807, 2.05) is 32.3 Å². The molecule has 0 aliphatic rings. The van der Waals surface area contributed by atoms with E-state index < -0.39 is 0 Å². The van der Waals surface area contributed by atoms with Crippen LogP contribution in [0, 0.1) is 6.92 Å². The Morgan fingerprint density at radius 2 is 2.10 bits per heavy atom. The number of aryl methyl sites for hydroxylation is 1. The van der Waals surface area contributed by atoms with E-state index in [1.54, 1.807) is 0 Å². The van der Waals surface area contributed by atoms with Gasteiger partial charge in [0.1, 0.15) is 11.6 Å². The number of anilines is 1. The third kappa shape index (κ3) is 2.67. The molecule has 1 N–H and O–H groups in total. The minimum atomic E-state index is 0.808. The quantitative estimate of drug-likeness (QED) is 0.796. The van der Waals surface area contributed by atoms with Gasteiger partial charge < -0.3 is 9.88 Å². The molecule has 0 bridgehead atoms. The van der Waals surface area contributed by atoms with Gasteiger partial charge >= 0.3 is 0 Å². The number of aromatic nitrogens is 3. The van der Waals surface area contributed by atoms with E-state index in [0.29, 0.717) is 0 Å².